The van der Waals surface area contributed by atoms with E-state index in [2.05, 4.69) is 41.9 Å². The Labute approximate surface area is 102 Å². The number of nitrogens with one attached hydrogen (secondary N) is 1. The van der Waals surface area contributed by atoms with Crippen molar-refractivity contribution in [1.82, 2.24) is 5.32 Å². The van der Waals surface area contributed by atoms with Gasteiger partial charge in [0.05, 0.1) is 6.07 Å². The summed E-state index contributed by atoms with van der Waals surface area (Å²) >= 11 is 1.76. The van der Waals surface area contributed by atoms with E-state index in [4.69, 9.17) is 5.26 Å². The fraction of sp³-hybridized carbons (Fsp3) is 0.462. The molecule has 0 aliphatic carbocycles. The second-order valence-electron chi connectivity index (χ2n) is 3.64. The van der Waals surface area contributed by atoms with Crippen molar-refractivity contribution in [2.24, 2.45) is 0 Å². The minimum absolute atomic E-state index is 0.671. The zero-order chi connectivity index (χ0) is 11.6. The number of hydrogen-bond donors (Lipinski definition) is 1. The van der Waals surface area contributed by atoms with Crippen molar-refractivity contribution in [1.29, 1.82) is 5.26 Å². The van der Waals surface area contributed by atoms with E-state index in [1.807, 2.05) is 0 Å². The van der Waals surface area contributed by atoms with Crippen LogP contribution in [0.25, 0.3) is 0 Å². The van der Waals surface area contributed by atoms with Gasteiger partial charge in [-0.1, -0.05) is 12.1 Å². The van der Waals surface area contributed by atoms with Crippen LogP contribution >= 0.6 is 11.8 Å². The molecule has 0 saturated carbocycles. The Hall–Kier alpha value is -0.980. The predicted molar refractivity (Wildman–Crippen MR) is 69.4 cm³/mol. The van der Waals surface area contributed by atoms with Gasteiger partial charge in [0.2, 0.25) is 0 Å². The van der Waals surface area contributed by atoms with Gasteiger partial charge in [-0.25, -0.2) is 0 Å². The van der Waals surface area contributed by atoms with E-state index >= 15 is 0 Å². The monoisotopic (exact) mass is 234 g/mol. The number of nitriles is 1. The Morgan fingerprint density at radius 3 is 2.62 bits per heavy atom. The molecule has 0 saturated heterocycles. The minimum Gasteiger partial charge on any atom is -0.313 e. The van der Waals surface area contributed by atoms with E-state index in [1.165, 1.54) is 10.5 Å². The maximum absolute atomic E-state index is 8.38. The largest absolute Gasteiger partial charge is 0.313 e. The van der Waals surface area contributed by atoms with Crippen molar-refractivity contribution < 1.29 is 0 Å². The van der Waals surface area contributed by atoms with Crippen LogP contribution in [-0.4, -0.2) is 12.8 Å². The third-order valence-corrected chi connectivity index (χ3v) is 3.12. The Balaban J connectivity index is 2.15. The maximum atomic E-state index is 8.38. The summed E-state index contributed by atoms with van der Waals surface area (Å²) in [6.45, 7) is 1.91. The third-order valence-electron chi connectivity index (χ3n) is 2.38. The Bertz CT molecular complexity index is 327. The zero-order valence-corrected chi connectivity index (χ0v) is 10.5. The van der Waals surface area contributed by atoms with Crippen molar-refractivity contribution in [3.63, 3.8) is 0 Å². The lowest BCUT2D eigenvalue weighted by molar-refractivity contribution is 0.628. The van der Waals surface area contributed by atoms with Crippen LogP contribution < -0.4 is 5.32 Å². The van der Waals surface area contributed by atoms with Crippen LogP contribution in [0.1, 0.15) is 24.8 Å². The number of benzene rings is 1. The molecule has 1 aromatic rings. The highest BCUT2D eigenvalue weighted by Crippen LogP contribution is 2.14. The van der Waals surface area contributed by atoms with Crippen LogP contribution in [0.4, 0.5) is 0 Å². The summed E-state index contributed by atoms with van der Waals surface area (Å²) in [6.07, 6.45) is 4.83. The average molecular weight is 234 g/mol. The summed E-state index contributed by atoms with van der Waals surface area (Å²) in [7, 11) is 0. The van der Waals surface area contributed by atoms with E-state index in [-0.39, 0.29) is 0 Å². The first-order chi connectivity index (χ1) is 7.86. The molecule has 0 bridgehead atoms. The van der Waals surface area contributed by atoms with E-state index in [0.29, 0.717) is 6.42 Å². The van der Waals surface area contributed by atoms with E-state index in [1.54, 1.807) is 11.8 Å². The van der Waals surface area contributed by atoms with Gasteiger partial charge in [-0.3, -0.25) is 0 Å². The maximum Gasteiger partial charge on any atom is 0.0621 e. The van der Waals surface area contributed by atoms with Crippen LogP contribution in [0.3, 0.4) is 0 Å². The van der Waals surface area contributed by atoms with Crippen LogP contribution in [0, 0.1) is 11.3 Å². The Morgan fingerprint density at radius 2 is 2.00 bits per heavy atom. The van der Waals surface area contributed by atoms with Gasteiger partial charge in [-0.05, 0) is 43.3 Å². The Kier molecular flexibility index (Phi) is 6.71. The first kappa shape index (κ1) is 13.1. The van der Waals surface area contributed by atoms with Crippen LogP contribution in [0.15, 0.2) is 29.2 Å². The van der Waals surface area contributed by atoms with Gasteiger partial charge in [0.1, 0.15) is 0 Å². The number of rotatable bonds is 7. The number of thioether (sulfide) groups is 1. The molecule has 2 nitrogen and oxygen atoms in total. The smallest absolute Gasteiger partial charge is 0.0621 e. The highest BCUT2D eigenvalue weighted by Gasteiger charge is 1.93. The number of unbranched alkanes of at least 4 members (excludes halogenated alkanes) is 2. The Morgan fingerprint density at radius 1 is 1.25 bits per heavy atom. The van der Waals surface area contributed by atoms with Gasteiger partial charge in [0.25, 0.3) is 0 Å². The molecule has 16 heavy (non-hydrogen) atoms. The minimum atomic E-state index is 0.671. The number of nitrogens with zero attached hydrogens (tertiary/aromatic N) is 1. The molecule has 0 fully saturated rings. The second kappa shape index (κ2) is 8.20. The van der Waals surface area contributed by atoms with E-state index < -0.39 is 0 Å². The summed E-state index contributed by atoms with van der Waals surface area (Å²) in [5, 5.41) is 11.8. The molecule has 3 heteroatoms. The molecule has 0 aromatic heterocycles. The molecule has 0 spiro atoms. The van der Waals surface area contributed by atoms with Crippen molar-refractivity contribution in [3.8, 4) is 6.07 Å². The number of hydrogen-bond acceptors (Lipinski definition) is 3. The van der Waals surface area contributed by atoms with E-state index in [9.17, 15) is 0 Å². The first-order valence-corrected chi connectivity index (χ1v) is 6.80. The molecular weight excluding hydrogens is 216 g/mol. The van der Waals surface area contributed by atoms with Crippen LogP contribution in [0.5, 0.6) is 0 Å². The van der Waals surface area contributed by atoms with Crippen molar-refractivity contribution in [2.45, 2.75) is 30.7 Å². The molecule has 1 rings (SSSR count). The van der Waals surface area contributed by atoms with Crippen molar-refractivity contribution >= 4 is 11.8 Å². The fourth-order valence-electron chi connectivity index (χ4n) is 1.43. The second-order valence-corrected chi connectivity index (χ2v) is 4.52. The molecule has 0 atom stereocenters. The van der Waals surface area contributed by atoms with Crippen molar-refractivity contribution in [2.75, 3.05) is 12.8 Å². The highest BCUT2D eigenvalue weighted by molar-refractivity contribution is 7.98. The van der Waals surface area contributed by atoms with Gasteiger partial charge in [-0.15, -0.1) is 11.8 Å². The topological polar surface area (TPSA) is 35.8 Å². The molecule has 0 aliphatic heterocycles. The molecule has 1 aromatic carbocycles. The quantitative estimate of drug-likeness (QED) is 0.581. The molecule has 0 amide bonds. The third kappa shape index (κ3) is 5.20. The summed E-state index contributed by atoms with van der Waals surface area (Å²) in [4.78, 5) is 1.30. The first-order valence-electron chi connectivity index (χ1n) is 5.57. The highest BCUT2D eigenvalue weighted by atomic mass is 32.2. The normalized spacial score (nSPS) is 10.0. The summed E-state index contributed by atoms with van der Waals surface area (Å²) in [5.74, 6) is 0. The lowest BCUT2D eigenvalue weighted by Gasteiger charge is -2.04. The summed E-state index contributed by atoms with van der Waals surface area (Å²) < 4.78 is 0. The fourth-order valence-corrected chi connectivity index (χ4v) is 1.84. The predicted octanol–water partition coefficient (Wildman–Crippen LogP) is 3.19. The molecule has 86 valence electrons. The molecular formula is C13H18N2S. The van der Waals surface area contributed by atoms with Gasteiger partial charge < -0.3 is 5.32 Å². The molecule has 1 N–H and O–H groups in total. The lowest BCUT2D eigenvalue weighted by atomic mass is 10.2. The summed E-state index contributed by atoms with van der Waals surface area (Å²) in [5.41, 5.74) is 1.32. The van der Waals surface area contributed by atoms with Gasteiger partial charge in [-0.2, -0.15) is 5.26 Å². The average Bonchev–Trinajstić information content (AvgIpc) is 2.34. The molecule has 0 unspecified atom stereocenters. The zero-order valence-electron chi connectivity index (χ0n) is 9.70. The van der Waals surface area contributed by atoms with Gasteiger partial charge in [0, 0.05) is 17.9 Å². The van der Waals surface area contributed by atoms with Gasteiger partial charge >= 0.3 is 0 Å². The van der Waals surface area contributed by atoms with Crippen molar-refractivity contribution in [3.05, 3.63) is 29.8 Å². The van der Waals surface area contributed by atoms with E-state index in [0.717, 1.165) is 25.9 Å². The molecule has 0 aliphatic rings. The lowest BCUT2D eigenvalue weighted by Crippen LogP contribution is -2.14. The molecule has 0 heterocycles. The van der Waals surface area contributed by atoms with Crippen LogP contribution in [-0.2, 0) is 6.54 Å². The standard InChI is InChI=1S/C13H18N2S/c1-16-13-7-5-12(6-8-13)11-15-10-4-2-3-9-14/h5-8,15H,2-4,10-11H2,1H3. The van der Waals surface area contributed by atoms with Gasteiger partial charge in [0.15, 0.2) is 0 Å². The van der Waals surface area contributed by atoms with Crippen LogP contribution in [0.2, 0.25) is 0 Å². The molecule has 0 radical (unpaired) electrons. The summed E-state index contributed by atoms with van der Waals surface area (Å²) in [6, 6.07) is 10.8. The SMILES string of the molecule is CSc1ccc(CNCCCCC#N)cc1.